The summed E-state index contributed by atoms with van der Waals surface area (Å²) in [5.41, 5.74) is -0.413. The largest absolute Gasteiger partial charge is 0.481 e. The van der Waals surface area contributed by atoms with E-state index in [0.29, 0.717) is 29.6 Å². The SMILES string of the molecule is C[C@@H]1CC[C@]2(C)CC[C@]3(C)C(=CCC4[C@@]5(C)CC[C@@H](OC(=O)CC(C)(C)C(=O)O)[C@](C)(C(=O)O)C5CC[C@]43C)C2[C@H]1C. The van der Waals surface area contributed by atoms with E-state index in [-0.39, 0.29) is 28.6 Å². The van der Waals surface area contributed by atoms with Crippen molar-refractivity contribution in [1.82, 2.24) is 0 Å². The van der Waals surface area contributed by atoms with E-state index >= 15 is 0 Å². The smallest absolute Gasteiger partial charge is 0.313 e. The molecule has 4 saturated carbocycles. The molecule has 0 spiro atoms. The minimum absolute atomic E-state index is 0.0819. The number of hydrogen-bond donors (Lipinski definition) is 2. The van der Waals surface area contributed by atoms with Crippen LogP contribution in [0.25, 0.3) is 0 Å². The number of carboxylic acid groups (broad SMARTS) is 2. The van der Waals surface area contributed by atoms with E-state index in [4.69, 9.17) is 4.74 Å². The zero-order valence-electron chi connectivity index (χ0n) is 27.6. The van der Waals surface area contributed by atoms with Crippen LogP contribution < -0.4 is 0 Å². The molecule has 5 aliphatic rings. The van der Waals surface area contributed by atoms with E-state index in [9.17, 15) is 24.6 Å². The quantitative estimate of drug-likeness (QED) is 0.250. The maximum Gasteiger partial charge on any atom is 0.313 e. The summed E-state index contributed by atoms with van der Waals surface area (Å²) in [6, 6.07) is 0. The lowest BCUT2D eigenvalue weighted by Gasteiger charge is -2.71. The molecule has 0 saturated heterocycles. The molecule has 0 aromatic heterocycles. The Morgan fingerprint density at radius 2 is 1.57 bits per heavy atom. The number of ether oxygens (including phenoxy) is 1. The molecule has 42 heavy (non-hydrogen) atoms. The minimum Gasteiger partial charge on any atom is -0.481 e. The molecule has 5 aliphatic carbocycles. The van der Waals surface area contributed by atoms with Gasteiger partial charge in [-0.05, 0) is 130 Å². The van der Waals surface area contributed by atoms with E-state index < -0.39 is 34.8 Å². The number of carbonyl (C=O) groups is 3. The van der Waals surface area contributed by atoms with Gasteiger partial charge in [-0.2, -0.15) is 0 Å². The number of carbonyl (C=O) groups excluding carboxylic acids is 1. The number of aliphatic carboxylic acids is 2. The van der Waals surface area contributed by atoms with Gasteiger partial charge in [0, 0.05) is 0 Å². The number of allylic oxidation sites excluding steroid dienone is 2. The third-order valence-electron chi connectivity index (χ3n) is 14.9. The summed E-state index contributed by atoms with van der Waals surface area (Å²) < 4.78 is 5.91. The minimum atomic E-state index is -1.27. The number of hydrogen-bond acceptors (Lipinski definition) is 4. The van der Waals surface area contributed by atoms with Gasteiger partial charge in [-0.1, -0.05) is 53.2 Å². The molecule has 6 nitrogen and oxygen atoms in total. The Labute approximate surface area is 253 Å². The molecular formula is C36H56O6. The van der Waals surface area contributed by atoms with Gasteiger partial charge in [0.05, 0.1) is 11.8 Å². The standard InChI is InChI=1S/C36H56O6/c1-21-12-15-32(5)18-19-34(7)23(28(32)22(21)2)10-11-24-33(6)16-14-26(42-27(37)20-31(3,4)29(38)39)36(9,30(40)41)25(33)13-17-35(24,34)8/h10,21-22,24-26,28H,11-20H2,1-9H3,(H,38,39)(H,40,41)/t21-,22+,24?,25?,26-,28?,32-,33-,34-,35-,36-/m1/s1. The van der Waals surface area contributed by atoms with Crippen molar-refractivity contribution in [3.8, 4) is 0 Å². The van der Waals surface area contributed by atoms with Gasteiger partial charge in [0.2, 0.25) is 0 Å². The molecule has 11 atom stereocenters. The van der Waals surface area contributed by atoms with Crippen LogP contribution in [0, 0.1) is 62.1 Å². The Bertz CT molecular complexity index is 1190. The number of esters is 1. The number of fused-ring (bicyclic) bond motifs is 7. The summed E-state index contributed by atoms with van der Waals surface area (Å²) >= 11 is 0. The van der Waals surface area contributed by atoms with Gasteiger partial charge in [0.25, 0.3) is 0 Å². The van der Waals surface area contributed by atoms with Crippen LogP contribution >= 0.6 is 0 Å². The van der Waals surface area contributed by atoms with Crippen LogP contribution in [-0.4, -0.2) is 34.2 Å². The van der Waals surface area contributed by atoms with Crippen LogP contribution in [0.2, 0.25) is 0 Å². The third kappa shape index (κ3) is 4.19. The van der Waals surface area contributed by atoms with Crippen molar-refractivity contribution in [2.75, 3.05) is 0 Å². The molecule has 0 aromatic rings. The molecule has 0 heterocycles. The Morgan fingerprint density at radius 3 is 2.19 bits per heavy atom. The summed E-state index contributed by atoms with van der Waals surface area (Å²) in [5, 5.41) is 20.3. The molecule has 3 unspecified atom stereocenters. The van der Waals surface area contributed by atoms with Crippen molar-refractivity contribution >= 4 is 17.9 Å². The zero-order chi connectivity index (χ0) is 31.3. The predicted octanol–water partition coefficient (Wildman–Crippen LogP) is 8.14. The van der Waals surface area contributed by atoms with Gasteiger partial charge in [0.1, 0.15) is 11.5 Å². The molecule has 0 radical (unpaired) electrons. The second-order valence-electron chi connectivity index (χ2n) is 17.3. The molecular weight excluding hydrogens is 528 g/mol. The predicted molar refractivity (Wildman–Crippen MR) is 163 cm³/mol. The summed E-state index contributed by atoms with van der Waals surface area (Å²) in [6.45, 7) is 19.7. The maximum absolute atomic E-state index is 13.2. The lowest BCUT2D eigenvalue weighted by atomic mass is 9.33. The van der Waals surface area contributed by atoms with Crippen LogP contribution in [0.1, 0.15) is 127 Å². The second-order valence-corrected chi connectivity index (χ2v) is 17.3. The van der Waals surface area contributed by atoms with Gasteiger partial charge in [-0.25, -0.2) is 0 Å². The monoisotopic (exact) mass is 584 g/mol. The third-order valence-corrected chi connectivity index (χ3v) is 14.9. The first-order chi connectivity index (χ1) is 19.3. The average Bonchev–Trinajstić information content (AvgIpc) is 2.88. The van der Waals surface area contributed by atoms with Crippen molar-refractivity contribution in [1.29, 1.82) is 0 Å². The Morgan fingerprint density at radius 1 is 0.905 bits per heavy atom. The highest BCUT2D eigenvalue weighted by Gasteiger charge is 2.70. The molecule has 2 N–H and O–H groups in total. The van der Waals surface area contributed by atoms with Gasteiger partial charge >= 0.3 is 17.9 Å². The van der Waals surface area contributed by atoms with Crippen molar-refractivity contribution in [3.05, 3.63) is 11.6 Å². The van der Waals surface area contributed by atoms with Crippen molar-refractivity contribution in [2.24, 2.45) is 62.1 Å². The Kier molecular flexibility index (Phi) is 7.39. The fourth-order valence-corrected chi connectivity index (χ4v) is 11.6. The lowest BCUT2D eigenvalue weighted by molar-refractivity contribution is -0.224. The fraction of sp³-hybridized carbons (Fsp3) is 0.861. The van der Waals surface area contributed by atoms with Gasteiger partial charge in [-0.3, -0.25) is 14.4 Å². The van der Waals surface area contributed by atoms with E-state index in [1.807, 2.05) is 0 Å². The van der Waals surface area contributed by atoms with Crippen LogP contribution in [-0.2, 0) is 19.1 Å². The molecule has 6 heteroatoms. The van der Waals surface area contributed by atoms with Gasteiger partial charge in [-0.15, -0.1) is 0 Å². The summed E-state index contributed by atoms with van der Waals surface area (Å²) in [6.07, 6.45) is 10.8. The summed E-state index contributed by atoms with van der Waals surface area (Å²) in [4.78, 5) is 37.7. The van der Waals surface area contributed by atoms with Gasteiger partial charge in [0.15, 0.2) is 0 Å². The zero-order valence-corrected chi connectivity index (χ0v) is 27.6. The molecule has 0 amide bonds. The van der Waals surface area contributed by atoms with Gasteiger partial charge < -0.3 is 14.9 Å². The molecule has 0 bridgehead atoms. The molecule has 236 valence electrons. The van der Waals surface area contributed by atoms with E-state index in [1.54, 1.807) is 12.5 Å². The normalized spacial score (nSPS) is 48.5. The highest BCUT2D eigenvalue weighted by molar-refractivity contribution is 5.82. The first-order valence-corrected chi connectivity index (χ1v) is 16.6. The van der Waals surface area contributed by atoms with Crippen LogP contribution in [0.4, 0.5) is 0 Å². The fourth-order valence-electron chi connectivity index (χ4n) is 11.6. The van der Waals surface area contributed by atoms with Crippen LogP contribution in [0.3, 0.4) is 0 Å². The highest BCUT2D eigenvalue weighted by atomic mass is 16.5. The maximum atomic E-state index is 13.2. The van der Waals surface area contributed by atoms with Crippen molar-refractivity contribution in [2.45, 2.75) is 133 Å². The second kappa shape index (κ2) is 9.83. The lowest BCUT2D eigenvalue weighted by Crippen LogP contribution is -2.66. The van der Waals surface area contributed by atoms with E-state index in [0.717, 1.165) is 31.6 Å². The first-order valence-electron chi connectivity index (χ1n) is 16.6. The average molecular weight is 585 g/mol. The van der Waals surface area contributed by atoms with Crippen LogP contribution in [0.5, 0.6) is 0 Å². The van der Waals surface area contributed by atoms with E-state index in [1.165, 1.54) is 39.5 Å². The summed E-state index contributed by atoms with van der Waals surface area (Å²) in [7, 11) is 0. The number of rotatable bonds is 5. The highest BCUT2D eigenvalue weighted by Crippen LogP contribution is 2.75. The Balaban J connectivity index is 1.48. The topological polar surface area (TPSA) is 101 Å². The molecule has 5 rings (SSSR count). The molecule has 4 fully saturated rings. The number of carboxylic acids is 2. The van der Waals surface area contributed by atoms with E-state index in [2.05, 4.69) is 47.6 Å². The summed E-state index contributed by atoms with van der Waals surface area (Å²) in [5.74, 6) is -0.329. The van der Waals surface area contributed by atoms with Crippen molar-refractivity contribution in [3.63, 3.8) is 0 Å². The molecule has 0 aromatic carbocycles. The van der Waals surface area contributed by atoms with Crippen molar-refractivity contribution < 1.29 is 29.3 Å². The molecule has 0 aliphatic heterocycles. The first kappa shape index (κ1) is 31.6. The Hall–Kier alpha value is -1.85. The van der Waals surface area contributed by atoms with Crippen LogP contribution in [0.15, 0.2) is 11.6 Å².